The van der Waals surface area contributed by atoms with Gasteiger partial charge in [0.2, 0.25) is 5.72 Å². The third-order valence-electron chi connectivity index (χ3n) is 3.79. The first-order valence-corrected chi connectivity index (χ1v) is 6.14. The van der Waals surface area contributed by atoms with Crippen LogP contribution in [0.5, 0.6) is 0 Å². The third kappa shape index (κ3) is 2.48. The van der Waals surface area contributed by atoms with Crippen LogP contribution in [0, 0.1) is 5.21 Å². The minimum Gasteiger partial charge on any atom is -0.631 e. The van der Waals surface area contributed by atoms with Gasteiger partial charge < -0.3 is 15.0 Å². The van der Waals surface area contributed by atoms with Crippen molar-refractivity contribution in [1.82, 2.24) is 0 Å². The molecule has 0 radical (unpaired) electrons. The van der Waals surface area contributed by atoms with Gasteiger partial charge in [0.25, 0.3) is 0 Å². The molecule has 19 heavy (non-hydrogen) atoms. The summed E-state index contributed by atoms with van der Waals surface area (Å²) in [5.74, 6) is 0. The molecule has 0 saturated carbocycles. The van der Waals surface area contributed by atoms with Crippen LogP contribution in [-0.4, -0.2) is 23.3 Å². The summed E-state index contributed by atoms with van der Waals surface area (Å²) in [4.78, 5) is 0. The number of aliphatic hydroxyl groups is 1. The standard InChI is InChI=1S/C13H16F3NO2/c1-17(19)8-3-2-7-12(17,18)10-5-4-6-11(9-10)13(14,15)16/h4-6,9,18H,2-3,7-8H2,1H3. The Morgan fingerprint density at radius 2 is 2.00 bits per heavy atom. The van der Waals surface area contributed by atoms with Crippen molar-refractivity contribution in [2.75, 3.05) is 13.6 Å². The molecule has 2 rings (SSSR count). The van der Waals surface area contributed by atoms with Crippen molar-refractivity contribution in [1.29, 1.82) is 0 Å². The minimum absolute atomic E-state index is 0.0412. The molecule has 1 heterocycles. The number of quaternary nitrogens is 1. The van der Waals surface area contributed by atoms with Gasteiger partial charge in [0.1, 0.15) is 0 Å². The minimum atomic E-state index is -4.48. The van der Waals surface area contributed by atoms with E-state index in [0.717, 1.165) is 12.1 Å². The summed E-state index contributed by atoms with van der Waals surface area (Å²) in [5.41, 5.74) is -2.59. The fourth-order valence-electron chi connectivity index (χ4n) is 2.57. The molecule has 106 valence electrons. The van der Waals surface area contributed by atoms with E-state index in [1.54, 1.807) is 0 Å². The highest BCUT2D eigenvalue weighted by Crippen LogP contribution is 2.41. The van der Waals surface area contributed by atoms with Gasteiger partial charge in [-0.3, -0.25) is 0 Å². The van der Waals surface area contributed by atoms with Gasteiger partial charge in [-0.15, -0.1) is 0 Å². The van der Waals surface area contributed by atoms with Gasteiger partial charge >= 0.3 is 6.18 Å². The van der Waals surface area contributed by atoms with Crippen molar-refractivity contribution >= 4 is 0 Å². The normalized spacial score (nSPS) is 32.3. The number of hydrogen-bond acceptors (Lipinski definition) is 2. The Labute approximate surface area is 109 Å². The average Bonchev–Trinajstić information content (AvgIpc) is 2.32. The summed E-state index contributed by atoms with van der Waals surface area (Å²) in [7, 11) is 1.30. The SMILES string of the molecule is C[N+]1([O-])CCCCC1(O)c1cccc(C(F)(F)F)c1. The Morgan fingerprint density at radius 3 is 2.58 bits per heavy atom. The summed E-state index contributed by atoms with van der Waals surface area (Å²) < 4.78 is 37.1. The quantitative estimate of drug-likeness (QED) is 0.632. The van der Waals surface area contributed by atoms with Gasteiger partial charge in [0.05, 0.1) is 19.2 Å². The van der Waals surface area contributed by atoms with Crippen LogP contribution in [0.25, 0.3) is 0 Å². The average molecular weight is 275 g/mol. The maximum Gasteiger partial charge on any atom is 0.416 e. The van der Waals surface area contributed by atoms with Crippen LogP contribution >= 0.6 is 0 Å². The summed E-state index contributed by atoms with van der Waals surface area (Å²) in [5, 5.41) is 22.9. The number of hydrogen-bond donors (Lipinski definition) is 1. The van der Waals surface area contributed by atoms with Crippen molar-refractivity contribution in [2.24, 2.45) is 0 Å². The number of likely N-dealkylation sites (tertiary alicyclic amines) is 1. The van der Waals surface area contributed by atoms with Crippen LogP contribution in [0.3, 0.4) is 0 Å². The predicted molar refractivity (Wildman–Crippen MR) is 63.6 cm³/mol. The lowest BCUT2D eigenvalue weighted by molar-refractivity contribution is -0.956. The molecule has 3 nitrogen and oxygen atoms in total. The van der Waals surface area contributed by atoms with Crippen LogP contribution in [0.1, 0.15) is 30.4 Å². The molecular formula is C13H16F3NO2. The maximum atomic E-state index is 12.7. The maximum absolute atomic E-state index is 12.7. The fourth-order valence-corrected chi connectivity index (χ4v) is 2.57. The molecular weight excluding hydrogens is 259 g/mol. The Hall–Kier alpha value is -1.11. The van der Waals surface area contributed by atoms with Crippen LogP contribution in [-0.2, 0) is 11.9 Å². The molecule has 1 aliphatic heterocycles. The van der Waals surface area contributed by atoms with Gasteiger partial charge in [-0.2, -0.15) is 13.2 Å². The lowest BCUT2D eigenvalue weighted by Gasteiger charge is -2.54. The fraction of sp³-hybridized carbons (Fsp3) is 0.538. The summed E-state index contributed by atoms with van der Waals surface area (Å²) in [6.45, 7) is 0.201. The first-order valence-electron chi connectivity index (χ1n) is 6.14. The zero-order valence-corrected chi connectivity index (χ0v) is 10.6. The van der Waals surface area contributed by atoms with Crippen LogP contribution in [0.4, 0.5) is 13.2 Å². The van der Waals surface area contributed by atoms with E-state index in [1.165, 1.54) is 19.2 Å². The smallest absolute Gasteiger partial charge is 0.416 e. The largest absolute Gasteiger partial charge is 0.631 e. The molecule has 2 unspecified atom stereocenters. The highest BCUT2D eigenvalue weighted by Gasteiger charge is 2.46. The molecule has 0 bridgehead atoms. The predicted octanol–water partition coefficient (Wildman–Crippen LogP) is 2.98. The van der Waals surface area contributed by atoms with Crippen LogP contribution < -0.4 is 0 Å². The Kier molecular flexibility index (Phi) is 3.36. The molecule has 1 N–H and O–H groups in total. The van der Waals surface area contributed by atoms with Gasteiger partial charge in [0, 0.05) is 12.0 Å². The van der Waals surface area contributed by atoms with Crippen LogP contribution in [0.15, 0.2) is 24.3 Å². The molecule has 2 atom stereocenters. The monoisotopic (exact) mass is 275 g/mol. The molecule has 0 aromatic heterocycles. The number of piperidine rings is 1. The zero-order chi connectivity index (χ0) is 14.3. The second kappa shape index (κ2) is 4.47. The summed E-state index contributed by atoms with van der Waals surface area (Å²) in [6.07, 6.45) is -3.01. The molecule has 1 saturated heterocycles. The highest BCUT2D eigenvalue weighted by molar-refractivity contribution is 5.29. The Bertz CT molecular complexity index is 473. The molecule has 0 spiro atoms. The summed E-state index contributed by atoms with van der Waals surface area (Å²) >= 11 is 0. The number of halogens is 3. The Balaban J connectivity index is 2.46. The van der Waals surface area contributed by atoms with E-state index >= 15 is 0 Å². The first-order chi connectivity index (χ1) is 8.67. The van der Waals surface area contributed by atoms with Gasteiger partial charge in [-0.05, 0) is 25.0 Å². The molecule has 1 aromatic rings. The van der Waals surface area contributed by atoms with Gasteiger partial charge in [0.15, 0.2) is 0 Å². The van der Waals surface area contributed by atoms with Crippen molar-refractivity contribution in [2.45, 2.75) is 31.2 Å². The number of benzene rings is 1. The van der Waals surface area contributed by atoms with Crippen molar-refractivity contribution in [3.05, 3.63) is 40.6 Å². The molecule has 0 amide bonds. The van der Waals surface area contributed by atoms with E-state index in [1.807, 2.05) is 0 Å². The third-order valence-corrected chi connectivity index (χ3v) is 3.79. The van der Waals surface area contributed by atoms with Gasteiger partial charge in [-0.1, -0.05) is 12.1 Å². The lowest BCUT2D eigenvalue weighted by atomic mass is 9.90. The van der Waals surface area contributed by atoms with Crippen molar-refractivity contribution in [3.8, 4) is 0 Å². The zero-order valence-electron chi connectivity index (χ0n) is 10.6. The second-order valence-electron chi connectivity index (χ2n) is 5.18. The van der Waals surface area contributed by atoms with E-state index in [0.29, 0.717) is 12.8 Å². The number of hydroxylamine groups is 3. The van der Waals surface area contributed by atoms with Crippen molar-refractivity contribution < 1.29 is 22.9 Å². The molecule has 1 fully saturated rings. The van der Waals surface area contributed by atoms with Crippen molar-refractivity contribution in [3.63, 3.8) is 0 Å². The van der Waals surface area contributed by atoms with E-state index in [-0.39, 0.29) is 18.5 Å². The van der Waals surface area contributed by atoms with E-state index < -0.39 is 22.1 Å². The summed E-state index contributed by atoms with van der Waals surface area (Å²) in [6, 6.07) is 4.42. The number of alkyl halides is 3. The molecule has 6 heteroatoms. The molecule has 1 aliphatic rings. The highest BCUT2D eigenvalue weighted by atomic mass is 19.4. The topological polar surface area (TPSA) is 43.3 Å². The molecule has 0 aliphatic carbocycles. The number of rotatable bonds is 1. The lowest BCUT2D eigenvalue weighted by Crippen LogP contribution is -2.58. The number of nitrogens with zero attached hydrogens (tertiary/aromatic N) is 1. The molecule has 1 aromatic carbocycles. The van der Waals surface area contributed by atoms with E-state index in [9.17, 15) is 23.5 Å². The van der Waals surface area contributed by atoms with Crippen LogP contribution in [0.2, 0.25) is 0 Å². The Morgan fingerprint density at radius 1 is 1.32 bits per heavy atom. The van der Waals surface area contributed by atoms with E-state index in [4.69, 9.17) is 0 Å². The second-order valence-corrected chi connectivity index (χ2v) is 5.18. The van der Waals surface area contributed by atoms with Gasteiger partial charge in [-0.25, -0.2) is 0 Å². The van der Waals surface area contributed by atoms with E-state index in [2.05, 4.69) is 0 Å². The first kappa shape index (κ1) is 14.3.